The predicted molar refractivity (Wildman–Crippen MR) is 102 cm³/mol. The summed E-state index contributed by atoms with van der Waals surface area (Å²) < 4.78 is 26.2. The molecule has 1 aromatic heterocycles. The molecule has 0 fully saturated rings. The van der Waals surface area contributed by atoms with Crippen molar-refractivity contribution in [2.24, 2.45) is 0 Å². The van der Waals surface area contributed by atoms with Crippen LogP contribution in [0, 0.1) is 18.6 Å². The van der Waals surface area contributed by atoms with Gasteiger partial charge in [0, 0.05) is 24.0 Å². The lowest BCUT2D eigenvalue weighted by molar-refractivity contribution is 0.102. The average molecular weight is 367 g/mol. The Morgan fingerprint density at radius 2 is 1.85 bits per heavy atom. The van der Waals surface area contributed by atoms with Crippen molar-refractivity contribution in [3.8, 4) is 0 Å². The first-order valence-electron chi connectivity index (χ1n) is 8.54. The second-order valence-corrected chi connectivity index (χ2v) is 6.07. The molecular weight excluding hydrogens is 348 g/mol. The van der Waals surface area contributed by atoms with Crippen LogP contribution >= 0.6 is 0 Å². The summed E-state index contributed by atoms with van der Waals surface area (Å²) in [6.07, 6.45) is 1.62. The first-order chi connectivity index (χ1) is 13.0. The van der Waals surface area contributed by atoms with E-state index in [1.165, 1.54) is 6.07 Å². The number of pyridine rings is 1. The molecule has 0 spiro atoms. The Morgan fingerprint density at radius 1 is 1.04 bits per heavy atom. The van der Waals surface area contributed by atoms with Gasteiger partial charge in [-0.2, -0.15) is 0 Å². The summed E-state index contributed by atoms with van der Waals surface area (Å²) in [5.41, 5.74) is 3.40. The fourth-order valence-electron chi connectivity index (χ4n) is 2.76. The summed E-state index contributed by atoms with van der Waals surface area (Å²) in [5, 5.41) is 2.51. The number of carbonyl (C=O) groups is 1. The first-order valence-corrected chi connectivity index (χ1v) is 8.54. The highest BCUT2D eigenvalue weighted by atomic mass is 19.2. The van der Waals surface area contributed by atoms with Crippen molar-refractivity contribution in [2.75, 3.05) is 16.8 Å². The minimum absolute atomic E-state index is 0.166. The van der Waals surface area contributed by atoms with Gasteiger partial charge in [-0.25, -0.2) is 13.8 Å². The predicted octanol–water partition coefficient (Wildman–Crippen LogP) is 5.08. The van der Waals surface area contributed by atoms with Crippen LogP contribution in [0.3, 0.4) is 0 Å². The van der Waals surface area contributed by atoms with Crippen molar-refractivity contribution in [1.29, 1.82) is 0 Å². The fraction of sp³-hybridized carbons (Fsp3) is 0.143. The number of halogens is 2. The molecule has 3 rings (SSSR count). The highest BCUT2D eigenvalue weighted by molar-refractivity contribution is 6.03. The summed E-state index contributed by atoms with van der Waals surface area (Å²) in [6, 6.07) is 14.7. The zero-order chi connectivity index (χ0) is 19.4. The zero-order valence-electron chi connectivity index (χ0n) is 15.0. The number of hydrogen-bond donors (Lipinski definition) is 1. The summed E-state index contributed by atoms with van der Waals surface area (Å²) in [5.74, 6) is -2.48. The maximum atomic E-state index is 13.3. The number of aromatic nitrogens is 1. The largest absolute Gasteiger partial charge is 0.341 e. The fourth-order valence-corrected chi connectivity index (χ4v) is 2.76. The van der Waals surface area contributed by atoms with Crippen molar-refractivity contribution in [2.45, 2.75) is 13.8 Å². The minimum atomic E-state index is -1.02. The Kier molecular flexibility index (Phi) is 5.45. The van der Waals surface area contributed by atoms with Crippen LogP contribution in [0.5, 0.6) is 0 Å². The van der Waals surface area contributed by atoms with Gasteiger partial charge in [0.2, 0.25) is 0 Å². The van der Waals surface area contributed by atoms with E-state index in [0.29, 0.717) is 0 Å². The van der Waals surface area contributed by atoms with E-state index in [0.717, 1.165) is 35.6 Å². The molecule has 0 aliphatic heterocycles. The van der Waals surface area contributed by atoms with Crippen LogP contribution in [-0.2, 0) is 0 Å². The van der Waals surface area contributed by atoms with Crippen molar-refractivity contribution in [1.82, 2.24) is 4.98 Å². The van der Waals surface area contributed by atoms with Gasteiger partial charge in [-0.1, -0.05) is 12.1 Å². The van der Waals surface area contributed by atoms with Crippen molar-refractivity contribution in [3.63, 3.8) is 0 Å². The molecule has 138 valence electrons. The van der Waals surface area contributed by atoms with Crippen LogP contribution in [0.15, 0.2) is 60.8 Å². The normalized spacial score (nSPS) is 10.5. The number of hydrogen-bond acceptors (Lipinski definition) is 3. The van der Waals surface area contributed by atoms with Gasteiger partial charge >= 0.3 is 0 Å². The van der Waals surface area contributed by atoms with E-state index in [4.69, 9.17) is 0 Å². The molecule has 0 saturated heterocycles. The van der Waals surface area contributed by atoms with E-state index in [1.54, 1.807) is 18.3 Å². The third kappa shape index (κ3) is 4.28. The number of nitrogens with zero attached hydrogens (tertiary/aromatic N) is 2. The average Bonchev–Trinajstić information content (AvgIpc) is 2.66. The lowest BCUT2D eigenvalue weighted by Gasteiger charge is -2.23. The maximum absolute atomic E-state index is 13.3. The third-order valence-corrected chi connectivity index (χ3v) is 4.10. The Bertz CT molecular complexity index is 958. The highest BCUT2D eigenvalue weighted by Gasteiger charge is 2.12. The molecular formula is C21H19F2N3O. The lowest BCUT2D eigenvalue weighted by atomic mass is 10.2. The number of amides is 1. The number of rotatable bonds is 5. The van der Waals surface area contributed by atoms with Crippen LogP contribution < -0.4 is 10.2 Å². The van der Waals surface area contributed by atoms with Crippen molar-refractivity contribution in [3.05, 3.63) is 83.7 Å². The summed E-state index contributed by atoms with van der Waals surface area (Å²) in [6.45, 7) is 4.80. The lowest BCUT2D eigenvalue weighted by Crippen LogP contribution is -2.18. The van der Waals surface area contributed by atoms with Gasteiger partial charge in [0.15, 0.2) is 11.6 Å². The number of nitrogens with one attached hydrogen (secondary N) is 1. The van der Waals surface area contributed by atoms with Crippen molar-refractivity contribution < 1.29 is 13.6 Å². The van der Waals surface area contributed by atoms with Gasteiger partial charge in [0.25, 0.3) is 5.91 Å². The molecule has 0 unspecified atom stereocenters. The number of benzene rings is 2. The number of carbonyl (C=O) groups excluding carboxylic acids is 1. The zero-order valence-corrected chi connectivity index (χ0v) is 15.0. The van der Waals surface area contributed by atoms with Crippen molar-refractivity contribution >= 4 is 23.0 Å². The van der Waals surface area contributed by atoms with Gasteiger partial charge in [0.05, 0.1) is 11.9 Å². The van der Waals surface area contributed by atoms with Gasteiger partial charge in [-0.3, -0.25) is 4.79 Å². The summed E-state index contributed by atoms with van der Waals surface area (Å²) in [7, 11) is 0. The van der Waals surface area contributed by atoms with Crippen LogP contribution in [0.2, 0.25) is 0 Å². The molecule has 27 heavy (non-hydrogen) atoms. The SMILES string of the molecule is CCN(c1ccc(C(=O)Nc2ccc(F)c(F)c2)nc1)c1cccc(C)c1. The standard InChI is InChI=1S/C21H19F2N3O/c1-3-26(16-6-4-5-14(2)11-16)17-8-10-20(24-13-17)21(27)25-15-7-9-18(22)19(23)12-15/h4-13H,3H2,1-2H3,(H,25,27). The molecule has 0 aliphatic rings. The van der Waals surface area contributed by atoms with E-state index in [2.05, 4.69) is 21.3 Å². The summed E-state index contributed by atoms with van der Waals surface area (Å²) in [4.78, 5) is 18.6. The minimum Gasteiger partial charge on any atom is -0.341 e. The number of aryl methyl sites for hydroxylation is 1. The topological polar surface area (TPSA) is 45.2 Å². The van der Waals surface area contributed by atoms with E-state index in [-0.39, 0.29) is 11.4 Å². The van der Waals surface area contributed by atoms with Crippen LogP contribution in [0.1, 0.15) is 23.0 Å². The van der Waals surface area contributed by atoms with Crippen LogP contribution in [0.25, 0.3) is 0 Å². The van der Waals surface area contributed by atoms with Gasteiger partial charge in [0.1, 0.15) is 5.69 Å². The Hall–Kier alpha value is -3.28. The molecule has 1 heterocycles. The Morgan fingerprint density at radius 3 is 2.48 bits per heavy atom. The monoisotopic (exact) mass is 367 g/mol. The smallest absolute Gasteiger partial charge is 0.274 e. The Balaban J connectivity index is 1.77. The van der Waals surface area contributed by atoms with Crippen LogP contribution in [0.4, 0.5) is 25.8 Å². The van der Waals surface area contributed by atoms with Gasteiger partial charge in [-0.15, -0.1) is 0 Å². The highest BCUT2D eigenvalue weighted by Crippen LogP contribution is 2.25. The quantitative estimate of drug-likeness (QED) is 0.684. The molecule has 0 saturated carbocycles. The molecule has 3 aromatic rings. The molecule has 4 nitrogen and oxygen atoms in total. The molecule has 0 bridgehead atoms. The molecule has 1 N–H and O–H groups in total. The first kappa shape index (κ1) is 18.5. The number of anilines is 3. The third-order valence-electron chi connectivity index (χ3n) is 4.10. The summed E-state index contributed by atoms with van der Waals surface area (Å²) >= 11 is 0. The van der Waals surface area contributed by atoms with E-state index in [9.17, 15) is 13.6 Å². The maximum Gasteiger partial charge on any atom is 0.274 e. The van der Waals surface area contributed by atoms with E-state index < -0.39 is 17.5 Å². The van der Waals surface area contributed by atoms with E-state index >= 15 is 0 Å². The molecule has 0 atom stereocenters. The molecule has 0 aliphatic carbocycles. The second kappa shape index (κ2) is 7.95. The van der Waals surface area contributed by atoms with E-state index in [1.807, 2.05) is 32.0 Å². The van der Waals surface area contributed by atoms with Gasteiger partial charge in [-0.05, 0) is 55.8 Å². The van der Waals surface area contributed by atoms with Crippen LogP contribution in [-0.4, -0.2) is 17.4 Å². The second-order valence-electron chi connectivity index (χ2n) is 6.07. The molecule has 6 heteroatoms. The molecule has 0 radical (unpaired) electrons. The Labute approximate surface area is 156 Å². The molecule has 1 amide bonds. The molecule has 2 aromatic carbocycles. The van der Waals surface area contributed by atoms with Gasteiger partial charge < -0.3 is 10.2 Å².